The molecule has 6 heteroatoms. The Morgan fingerprint density at radius 3 is 2.75 bits per heavy atom. The maximum absolute atomic E-state index is 12.2. The van der Waals surface area contributed by atoms with E-state index in [2.05, 4.69) is 10.2 Å². The molecule has 2 rings (SSSR count). The molecule has 0 spiro atoms. The lowest BCUT2D eigenvalue weighted by molar-refractivity contribution is -0.119. The van der Waals surface area contributed by atoms with Crippen LogP contribution in [0.5, 0.6) is 5.75 Å². The largest absolute Gasteiger partial charge is 0.497 e. The molecule has 1 fully saturated rings. The predicted octanol–water partition coefficient (Wildman–Crippen LogP) is 1.28. The van der Waals surface area contributed by atoms with E-state index in [0.717, 1.165) is 13.0 Å². The van der Waals surface area contributed by atoms with Crippen LogP contribution in [-0.4, -0.2) is 49.1 Å². The fourth-order valence-corrected chi connectivity index (χ4v) is 2.32. The molecule has 0 aliphatic carbocycles. The van der Waals surface area contributed by atoms with Crippen LogP contribution in [0, 0.1) is 5.92 Å². The fourth-order valence-electron chi connectivity index (χ4n) is 2.32. The number of anilines is 1. The first-order valence-electron chi connectivity index (χ1n) is 6.42. The number of methoxy groups -OCH3 is 1. The number of aromatic carboxylic acids is 1. The van der Waals surface area contributed by atoms with Crippen LogP contribution in [0.25, 0.3) is 0 Å². The minimum atomic E-state index is -1.08. The van der Waals surface area contributed by atoms with Gasteiger partial charge in [-0.25, -0.2) is 4.79 Å². The predicted molar refractivity (Wildman–Crippen MR) is 74.2 cm³/mol. The minimum absolute atomic E-state index is 0.0606. The Hall–Kier alpha value is -2.08. The van der Waals surface area contributed by atoms with Gasteiger partial charge in [0.1, 0.15) is 5.75 Å². The highest BCUT2D eigenvalue weighted by atomic mass is 16.5. The van der Waals surface area contributed by atoms with E-state index in [0.29, 0.717) is 12.3 Å². The van der Waals surface area contributed by atoms with Crippen LogP contribution < -0.4 is 10.1 Å². The first-order valence-corrected chi connectivity index (χ1v) is 6.42. The second-order valence-electron chi connectivity index (χ2n) is 4.95. The van der Waals surface area contributed by atoms with Gasteiger partial charge < -0.3 is 20.1 Å². The van der Waals surface area contributed by atoms with Gasteiger partial charge in [-0.1, -0.05) is 0 Å². The van der Waals surface area contributed by atoms with Crippen LogP contribution in [0.2, 0.25) is 0 Å². The van der Waals surface area contributed by atoms with Gasteiger partial charge in [-0.05, 0) is 32.1 Å². The van der Waals surface area contributed by atoms with Gasteiger partial charge in [-0.3, -0.25) is 4.79 Å². The number of ether oxygens (including phenoxy) is 1. The molecule has 0 saturated carbocycles. The van der Waals surface area contributed by atoms with Gasteiger partial charge in [0.15, 0.2) is 0 Å². The molecule has 0 bridgehead atoms. The molecule has 0 radical (unpaired) electrons. The Morgan fingerprint density at radius 2 is 2.20 bits per heavy atom. The van der Waals surface area contributed by atoms with E-state index >= 15 is 0 Å². The van der Waals surface area contributed by atoms with Crippen molar-refractivity contribution in [3.63, 3.8) is 0 Å². The van der Waals surface area contributed by atoms with Crippen LogP contribution in [0.15, 0.2) is 18.2 Å². The lowest BCUT2D eigenvalue weighted by atomic mass is 10.1. The van der Waals surface area contributed by atoms with Gasteiger partial charge in [0.05, 0.1) is 24.3 Å². The number of likely N-dealkylation sites (tertiary alicyclic amines) is 1. The number of amides is 1. The topological polar surface area (TPSA) is 78.9 Å². The number of benzene rings is 1. The monoisotopic (exact) mass is 278 g/mol. The number of nitrogens with zero attached hydrogens (tertiary/aromatic N) is 1. The van der Waals surface area contributed by atoms with Gasteiger partial charge in [0.2, 0.25) is 5.91 Å². The van der Waals surface area contributed by atoms with Crippen LogP contribution >= 0.6 is 0 Å². The summed E-state index contributed by atoms with van der Waals surface area (Å²) in [4.78, 5) is 25.4. The highest BCUT2D eigenvalue weighted by molar-refractivity contribution is 6.01. The van der Waals surface area contributed by atoms with Crippen LogP contribution in [0.4, 0.5) is 5.69 Å². The minimum Gasteiger partial charge on any atom is -0.497 e. The quantitative estimate of drug-likeness (QED) is 0.867. The standard InChI is InChI=1S/C14H18N2O4/c1-16-6-5-9(8-16)13(17)15-12-7-10(20-2)3-4-11(12)14(18)19/h3-4,7,9H,5-6,8H2,1-2H3,(H,15,17)(H,18,19). The Morgan fingerprint density at radius 1 is 1.45 bits per heavy atom. The zero-order chi connectivity index (χ0) is 14.7. The van der Waals surface area contributed by atoms with E-state index in [9.17, 15) is 9.59 Å². The maximum Gasteiger partial charge on any atom is 0.337 e. The zero-order valence-electron chi connectivity index (χ0n) is 11.5. The number of carbonyl (C=O) groups is 2. The zero-order valence-corrected chi connectivity index (χ0v) is 11.5. The van der Waals surface area contributed by atoms with Gasteiger partial charge in [-0.15, -0.1) is 0 Å². The number of rotatable bonds is 4. The first kappa shape index (κ1) is 14.3. The van der Waals surface area contributed by atoms with E-state index in [4.69, 9.17) is 9.84 Å². The smallest absolute Gasteiger partial charge is 0.337 e. The van der Waals surface area contributed by atoms with E-state index in [-0.39, 0.29) is 23.1 Å². The van der Waals surface area contributed by atoms with Gasteiger partial charge in [0.25, 0.3) is 0 Å². The second-order valence-corrected chi connectivity index (χ2v) is 4.95. The molecule has 1 aromatic carbocycles. The normalized spacial score (nSPS) is 18.8. The van der Waals surface area contributed by atoms with Crippen molar-refractivity contribution < 1.29 is 19.4 Å². The highest BCUT2D eigenvalue weighted by Gasteiger charge is 2.27. The third-order valence-electron chi connectivity index (χ3n) is 3.48. The van der Waals surface area contributed by atoms with E-state index < -0.39 is 5.97 Å². The molecule has 1 saturated heterocycles. The SMILES string of the molecule is COc1ccc(C(=O)O)c(NC(=O)C2CCN(C)C2)c1. The van der Waals surface area contributed by atoms with E-state index in [1.54, 1.807) is 6.07 Å². The Kier molecular flexibility index (Phi) is 4.24. The molecule has 0 aromatic heterocycles. The average Bonchev–Trinajstić information content (AvgIpc) is 2.85. The maximum atomic E-state index is 12.2. The molecule has 1 amide bonds. The fraction of sp³-hybridized carbons (Fsp3) is 0.429. The highest BCUT2D eigenvalue weighted by Crippen LogP contribution is 2.24. The molecule has 1 heterocycles. The number of nitrogens with one attached hydrogen (secondary N) is 1. The van der Waals surface area contributed by atoms with Crippen LogP contribution in [0.3, 0.4) is 0 Å². The van der Waals surface area contributed by atoms with Crippen molar-refractivity contribution in [3.8, 4) is 5.75 Å². The number of carbonyl (C=O) groups excluding carboxylic acids is 1. The summed E-state index contributed by atoms with van der Waals surface area (Å²) in [5.41, 5.74) is 0.335. The van der Waals surface area contributed by atoms with Crippen molar-refractivity contribution >= 4 is 17.6 Å². The molecular formula is C14H18N2O4. The van der Waals surface area contributed by atoms with Crippen LogP contribution in [0.1, 0.15) is 16.8 Å². The molecule has 1 unspecified atom stereocenters. The lowest BCUT2D eigenvalue weighted by Crippen LogP contribution is -2.26. The molecule has 1 aliphatic rings. The third kappa shape index (κ3) is 3.08. The summed E-state index contributed by atoms with van der Waals surface area (Å²) in [6.07, 6.45) is 0.786. The summed E-state index contributed by atoms with van der Waals surface area (Å²) in [6, 6.07) is 4.51. The molecule has 1 atom stereocenters. The second kappa shape index (κ2) is 5.92. The summed E-state index contributed by atoms with van der Waals surface area (Å²) in [5, 5.41) is 11.9. The third-order valence-corrected chi connectivity index (χ3v) is 3.48. The van der Waals surface area contributed by atoms with Gasteiger partial charge in [0, 0.05) is 12.6 Å². The van der Waals surface area contributed by atoms with Crippen molar-refractivity contribution in [2.75, 3.05) is 32.6 Å². The lowest BCUT2D eigenvalue weighted by Gasteiger charge is -2.14. The van der Waals surface area contributed by atoms with Crippen molar-refractivity contribution in [1.29, 1.82) is 0 Å². The summed E-state index contributed by atoms with van der Waals surface area (Å²) in [6.45, 7) is 1.57. The molecule has 6 nitrogen and oxygen atoms in total. The number of carboxylic acid groups (broad SMARTS) is 1. The molecule has 20 heavy (non-hydrogen) atoms. The number of hydrogen-bond acceptors (Lipinski definition) is 4. The molecule has 1 aromatic rings. The molecule has 1 aliphatic heterocycles. The van der Waals surface area contributed by atoms with Gasteiger partial charge >= 0.3 is 5.97 Å². The molecule has 108 valence electrons. The first-order chi connectivity index (χ1) is 9.51. The Labute approximate surface area is 117 Å². The van der Waals surface area contributed by atoms with Crippen molar-refractivity contribution in [2.45, 2.75) is 6.42 Å². The molecule has 2 N–H and O–H groups in total. The number of hydrogen-bond donors (Lipinski definition) is 2. The molecular weight excluding hydrogens is 260 g/mol. The van der Waals surface area contributed by atoms with E-state index in [1.807, 2.05) is 7.05 Å². The summed E-state index contributed by atoms with van der Waals surface area (Å²) in [5.74, 6) is -0.821. The van der Waals surface area contributed by atoms with Crippen LogP contribution in [-0.2, 0) is 4.79 Å². The van der Waals surface area contributed by atoms with Crippen molar-refractivity contribution in [3.05, 3.63) is 23.8 Å². The Balaban J connectivity index is 2.18. The average molecular weight is 278 g/mol. The van der Waals surface area contributed by atoms with E-state index in [1.165, 1.54) is 19.2 Å². The van der Waals surface area contributed by atoms with Crippen molar-refractivity contribution in [2.24, 2.45) is 5.92 Å². The summed E-state index contributed by atoms with van der Waals surface area (Å²) < 4.78 is 5.06. The number of carboxylic acids is 1. The summed E-state index contributed by atoms with van der Waals surface area (Å²) in [7, 11) is 3.45. The van der Waals surface area contributed by atoms with Gasteiger partial charge in [-0.2, -0.15) is 0 Å². The van der Waals surface area contributed by atoms with Crippen molar-refractivity contribution in [1.82, 2.24) is 4.90 Å². The Bertz CT molecular complexity index is 530. The summed E-state index contributed by atoms with van der Waals surface area (Å²) >= 11 is 0.